The molecule has 2 aromatic heterocycles. The van der Waals surface area contributed by atoms with Crippen molar-refractivity contribution >= 4 is 41.2 Å². The van der Waals surface area contributed by atoms with Gasteiger partial charge in [0.15, 0.2) is 0 Å². The molecule has 2 heterocycles. The molecule has 0 bridgehead atoms. The first kappa shape index (κ1) is 19.7. The molecule has 0 fully saturated rings. The SMILES string of the molecule is CSc1nnc(C(F)F)n1/N=C/c1ccc(COc2cc(Cl)ccc2Cl)o1. The molecule has 27 heavy (non-hydrogen) atoms. The van der Waals surface area contributed by atoms with Gasteiger partial charge in [0.2, 0.25) is 11.0 Å². The quantitative estimate of drug-likeness (QED) is 0.374. The van der Waals surface area contributed by atoms with Gasteiger partial charge in [-0.3, -0.25) is 0 Å². The number of alkyl halides is 2. The number of hydrogen-bond donors (Lipinski definition) is 0. The minimum absolute atomic E-state index is 0.110. The van der Waals surface area contributed by atoms with Crippen LogP contribution in [0.25, 0.3) is 0 Å². The van der Waals surface area contributed by atoms with E-state index in [9.17, 15) is 8.78 Å². The summed E-state index contributed by atoms with van der Waals surface area (Å²) in [5.74, 6) is 0.731. The van der Waals surface area contributed by atoms with Crippen LogP contribution in [0.4, 0.5) is 8.78 Å². The van der Waals surface area contributed by atoms with Crippen molar-refractivity contribution in [1.29, 1.82) is 0 Å². The largest absolute Gasteiger partial charge is 0.484 e. The maximum Gasteiger partial charge on any atom is 0.299 e. The number of aromatic nitrogens is 3. The summed E-state index contributed by atoms with van der Waals surface area (Å²) in [4.78, 5) is 0. The molecule has 0 aliphatic heterocycles. The number of benzene rings is 1. The van der Waals surface area contributed by atoms with E-state index in [1.807, 2.05) is 0 Å². The molecule has 0 N–H and O–H groups in total. The minimum Gasteiger partial charge on any atom is -0.484 e. The number of rotatable bonds is 7. The predicted octanol–water partition coefficient (Wildman–Crippen LogP) is 5.30. The minimum atomic E-state index is -2.79. The van der Waals surface area contributed by atoms with Crippen LogP contribution in [0.5, 0.6) is 5.75 Å². The Morgan fingerprint density at radius 3 is 2.85 bits per heavy atom. The van der Waals surface area contributed by atoms with Gasteiger partial charge < -0.3 is 9.15 Å². The fraction of sp³-hybridized carbons (Fsp3) is 0.188. The second kappa shape index (κ2) is 8.73. The van der Waals surface area contributed by atoms with E-state index < -0.39 is 12.2 Å². The van der Waals surface area contributed by atoms with Gasteiger partial charge in [0.25, 0.3) is 6.43 Å². The lowest BCUT2D eigenvalue weighted by Crippen LogP contribution is -2.00. The van der Waals surface area contributed by atoms with E-state index in [2.05, 4.69) is 15.3 Å². The second-order valence-electron chi connectivity index (χ2n) is 5.07. The Kier molecular flexibility index (Phi) is 6.35. The molecule has 142 valence electrons. The van der Waals surface area contributed by atoms with Gasteiger partial charge in [-0.15, -0.1) is 10.2 Å². The molecule has 6 nitrogen and oxygen atoms in total. The van der Waals surface area contributed by atoms with E-state index in [1.165, 1.54) is 6.21 Å². The van der Waals surface area contributed by atoms with Crippen molar-refractivity contribution in [2.75, 3.05) is 6.26 Å². The third kappa shape index (κ3) is 4.79. The Hall–Kier alpha value is -2.10. The number of halogens is 4. The van der Waals surface area contributed by atoms with Crippen LogP contribution in [0.1, 0.15) is 23.8 Å². The highest BCUT2D eigenvalue weighted by molar-refractivity contribution is 7.98. The molecular formula is C16H12Cl2F2N4O2S. The highest BCUT2D eigenvalue weighted by Crippen LogP contribution is 2.28. The molecule has 0 spiro atoms. The van der Waals surface area contributed by atoms with Crippen LogP contribution in [0.3, 0.4) is 0 Å². The molecule has 0 saturated carbocycles. The van der Waals surface area contributed by atoms with Gasteiger partial charge >= 0.3 is 0 Å². The number of nitrogens with zero attached hydrogens (tertiary/aromatic N) is 4. The summed E-state index contributed by atoms with van der Waals surface area (Å²) < 4.78 is 38.0. The Morgan fingerprint density at radius 1 is 1.30 bits per heavy atom. The van der Waals surface area contributed by atoms with E-state index in [0.29, 0.717) is 27.3 Å². The zero-order valence-electron chi connectivity index (χ0n) is 13.8. The summed E-state index contributed by atoms with van der Waals surface area (Å²) in [5, 5.41) is 12.2. The summed E-state index contributed by atoms with van der Waals surface area (Å²) in [6.07, 6.45) is 0.193. The van der Waals surface area contributed by atoms with E-state index in [1.54, 1.807) is 36.6 Å². The molecule has 0 aliphatic carbocycles. The average molecular weight is 433 g/mol. The van der Waals surface area contributed by atoms with Crippen LogP contribution in [-0.2, 0) is 6.61 Å². The highest BCUT2D eigenvalue weighted by atomic mass is 35.5. The number of thioether (sulfide) groups is 1. The summed E-state index contributed by atoms with van der Waals surface area (Å²) >= 11 is 13.1. The van der Waals surface area contributed by atoms with Crippen LogP contribution in [0, 0.1) is 0 Å². The lowest BCUT2D eigenvalue weighted by Gasteiger charge is -2.06. The van der Waals surface area contributed by atoms with Gasteiger partial charge in [0.1, 0.15) is 23.9 Å². The number of ether oxygens (including phenoxy) is 1. The highest BCUT2D eigenvalue weighted by Gasteiger charge is 2.19. The van der Waals surface area contributed by atoms with Crippen LogP contribution in [-0.4, -0.2) is 27.3 Å². The van der Waals surface area contributed by atoms with E-state index in [4.69, 9.17) is 32.4 Å². The van der Waals surface area contributed by atoms with Gasteiger partial charge in [-0.25, -0.2) is 8.78 Å². The monoisotopic (exact) mass is 432 g/mol. The van der Waals surface area contributed by atoms with Crippen molar-refractivity contribution in [2.45, 2.75) is 18.2 Å². The molecule has 0 radical (unpaired) electrons. The van der Waals surface area contributed by atoms with Crippen LogP contribution in [0.15, 0.2) is 45.0 Å². The number of hydrogen-bond acceptors (Lipinski definition) is 6. The van der Waals surface area contributed by atoms with Crippen molar-refractivity contribution < 1.29 is 17.9 Å². The standard InChI is InChI=1S/C16H12Cl2F2N4O2S/c1-27-16-23-22-15(14(19)20)24(16)21-7-10-3-4-11(26-10)8-25-13-6-9(17)2-5-12(13)18/h2-7,14H,8H2,1H3/b21-7+. The van der Waals surface area contributed by atoms with Crippen LogP contribution >= 0.6 is 35.0 Å². The molecule has 3 rings (SSSR count). The Bertz CT molecular complexity index is 962. The average Bonchev–Trinajstić information content (AvgIpc) is 3.26. The fourth-order valence-electron chi connectivity index (χ4n) is 2.04. The molecule has 11 heteroatoms. The van der Waals surface area contributed by atoms with Crippen LogP contribution in [0.2, 0.25) is 10.0 Å². The topological polar surface area (TPSA) is 65.4 Å². The maximum atomic E-state index is 13.0. The summed E-state index contributed by atoms with van der Waals surface area (Å²) in [6, 6.07) is 8.18. The smallest absolute Gasteiger partial charge is 0.299 e. The Balaban J connectivity index is 1.70. The normalized spacial score (nSPS) is 11.6. The first-order chi connectivity index (χ1) is 13.0. The Morgan fingerprint density at radius 2 is 2.11 bits per heavy atom. The molecule has 0 aliphatic rings. The molecule has 3 aromatic rings. The van der Waals surface area contributed by atoms with Gasteiger partial charge in [0, 0.05) is 11.1 Å². The summed E-state index contributed by atoms with van der Waals surface area (Å²) in [6.45, 7) is 0.110. The van der Waals surface area contributed by atoms with Crippen molar-refractivity contribution in [2.24, 2.45) is 5.10 Å². The lowest BCUT2D eigenvalue weighted by atomic mass is 10.3. The second-order valence-corrected chi connectivity index (χ2v) is 6.69. The molecule has 0 amide bonds. The molecule has 0 unspecified atom stereocenters. The van der Waals surface area contributed by atoms with Crippen molar-refractivity contribution in [1.82, 2.24) is 14.9 Å². The third-order valence-electron chi connectivity index (χ3n) is 3.26. The number of furan rings is 1. The molecule has 1 aromatic carbocycles. The molecule has 0 atom stereocenters. The lowest BCUT2D eigenvalue weighted by molar-refractivity contribution is 0.135. The third-order valence-corrected chi connectivity index (χ3v) is 4.43. The van der Waals surface area contributed by atoms with Gasteiger partial charge in [0.05, 0.1) is 11.2 Å². The van der Waals surface area contributed by atoms with E-state index >= 15 is 0 Å². The summed E-state index contributed by atoms with van der Waals surface area (Å²) in [5.41, 5.74) is 0. The predicted molar refractivity (Wildman–Crippen MR) is 99.3 cm³/mol. The Labute approximate surface area is 167 Å². The molecular weight excluding hydrogens is 421 g/mol. The first-order valence-electron chi connectivity index (χ1n) is 7.46. The van der Waals surface area contributed by atoms with E-state index in [-0.39, 0.29) is 11.8 Å². The van der Waals surface area contributed by atoms with Gasteiger partial charge in [-0.1, -0.05) is 35.0 Å². The van der Waals surface area contributed by atoms with Gasteiger partial charge in [-0.2, -0.15) is 9.78 Å². The maximum absolute atomic E-state index is 13.0. The fourth-order valence-corrected chi connectivity index (χ4v) is 2.81. The zero-order valence-corrected chi connectivity index (χ0v) is 16.1. The van der Waals surface area contributed by atoms with Crippen LogP contribution < -0.4 is 4.74 Å². The van der Waals surface area contributed by atoms with Gasteiger partial charge in [-0.05, 0) is 30.5 Å². The van der Waals surface area contributed by atoms with Crippen molar-refractivity contribution in [3.05, 3.63) is 57.7 Å². The van der Waals surface area contributed by atoms with Crippen molar-refractivity contribution in [3.8, 4) is 5.75 Å². The first-order valence-corrected chi connectivity index (χ1v) is 9.44. The van der Waals surface area contributed by atoms with E-state index in [0.717, 1.165) is 16.4 Å². The zero-order chi connectivity index (χ0) is 19.4. The molecule has 0 saturated heterocycles. The summed E-state index contributed by atoms with van der Waals surface area (Å²) in [7, 11) is 0. The van der Waals surface area contributed by atoms with Crippen molar-refractivity contribution in [3.63, 3.8) is 0 Å².